The summed E-state index contributed by atoms with van der Waals surface area (Å²) in [6.45, 7) is 2.54. The second kappa shape index (κ2) is 6.54. The van der Waals surface area contributed by atoms with E-state index in [-0.39, 0.29) is 6.61 Å². The summed E-state index contributed by atoms with van der Waals surface area (Å²) >= 11 is 0. The van der Waals surface area contributed by atoms with Crippen LogP contribution in [0.1, 0.15) is 19.4 Å². The number of Topliss-reactive ketones (excluding diaryl/α,β-unsaturated/α-hetero) is 1. The number of nitrogens with one attached hydrogen (secondary N) is 1. The summed E-state index contributed by atoms with van der Waals surface area (Å²) in [5.41, 5.74) is 0.816. The van der Waals surface area contributed by atoms with Gasteiger partial charge >= 0.3 is 5.97 Å². The van der Waals surface area contributed by atoms with Crippen LogP contribution in [0.4, 0.5) is 0 Å². The molecular weight excluding hydrogens is 234 g/mol. The molecule has 1 rings (SSSR count). The van der Waals surface area contributed by atoms with Gasteiger partial charge in [0.25, 0.3) is 0 Å². The number of amides is 1. The molecule has 0 radical (unpaired) electrons. The van der Waals surface area contributed by atoms with Gasteiger partial charge in [0.05, 0.1) is 0 Å². The van der Waals surface area contributed by atoms with Gasteiger partial charge in [-0.25, -0.2) is 4.79 Å². The minimum atomic E-state index is -1.23. The molecule has 1 amide bonds. The molecule has 0 fully saturated rings. The highest BCUT2D eigenvalue weighted by molar-refractivity contribution is 6.04. The van der Waals surface area contributed by atoms with Crippen molar-refractivity contribution in [1.82, 2.24) is 5.32 Å². The molecule has 96 valence electrons. The van der Waals surface area contributed by atoms with Gasteiger partial charge < -0.3 is 10.1 Å². The number of carbonyl (C=O) groups is 3. The van der Waals surface area contributed by atoms with Gasteiger partial charge in [0.1, 0.15) is 6.61 Å². The van der Waals surface area contributed by atoms with E-state index < -0.39 is 23.7 Å². The molecule has 1 N–H and O–H groups in total. The predicted octanol–water partition coefficient (Wildman–Crippen LogP) is 0.823. The summed E-state index contributed by atoms with van der Waals surface area (Å²) in [7, 11) is 0. The summed E-state index contributed by atoms with van der Waals surface area (Å²) in [6.07, 6.45) is 0. The van der Waals surface area contributed by atoms with E-state index in [0.717, 1.165) is 5.56 Å². The number of ketones is 1. The smallest absolute Gasteiger partial charge is 0.336 e. The third-order valence-electron chi connectivity index (χ3n) is 2.21. The Balaban J connectivity index is 2.57. The van der Waals surface area contributed by atoms with Crippen LogP contribution in [0.3, 0.4) is 0 Å². The van der Waals surface area contributed by atoms with Gasteiger partial charge in [0.2, 0.25) is 5.91 Å². The zero-order valence-electron chi connectivity index (χ0n) is 10.3. The van der Waals surface area contributed by atoms with Gasteiger partial charge in [-0.15, -0.1) is 0 Å². The highest BCUT2D eigenvalue weighted by Crippen LogP contribution is 2.02. The summed E-state index contributed by atoms with van der Waals surface area (Å²) in [5.74, 6) is -1.66. The quantitative estimate of drug-likeness (QED) is 0.619. The van der Waals surface area contributed by atoms with Gasteiger partial charge in [0.15, 0.2) is 11.8 Å². The lowest BCUT2D eigenvalue weighted by Gasteiger charge is -2.13. The van der Waals surface area contributed by atoms with Crippen LogP contribution in [-0.4, -0.2) is 23.7 Å². The van der Waals surface area contributed by atoms with Crippen LogP contribution in [-0.2, 0) is 25.7 Å². The Morgan fingerprint density at radius 1 is 1.17 bits per heavy atom. The van der Waals surface area contributed by atoms with Crippen LogP contribution in [0.15, 0.2) is 30.3 Å². The number of hydrogen-bond donors (Lipinski definition) is 1. The molecule has 0 saturated carbocycles. The van der Waals surface area contributed by atoms with Gasteiger partial charge in [-0.1, -0.05) is 30.3 Å². The Bertz CT molecular complexity index is 442. The fraction of sp³-hybridized carbons (Fsp3) is 0.308. The van der Waals surface area contributed by atoms with Crippen LogP contribution in [0.25, 0.3) is 0 Å². The fourth-order valence-electron chi connectivity index (χ4n) is 1.34. The first-order valence-electron chi connectivity index (χ1n) is 5.49. The topological polar surface area (TPSA) is 72.5 Å². The summed E-state index contributed by atoms with van der Waals surface area (Å²) < 4.78 is 4.98. The van der Waals surface area contributed by atoms with Crippen molar-refractivity contribution in [2.75, 3.05) is 0 Å². The van der Waals surface area contributed by atoms with E-state index in [1.54, 1.807) is 12.1 Å². The number of esters is 1. The Morgan fingerprint density at radius 2 is 1.78 bits per heavy atom. The maximum atomic E-state index is 11.6. The van der Waals surface area contributed by atoms with E-state index >= 15 is 0 Å². The summed E-state index contributed by atoms with van der Waals surface area (Å²) in [4.78, 5) is 33.7. The molecule has 1 unspecified atom stereocenters. The average molecular weight is 249 g/mol. The van der Waals surface area contributed by atoms with Crippen molar-refractivity contribution in [3.05, 3.63) is 35.9 Å². The number of rotatable bonds is 5. The van der Waals surface area contributed by atoms with Gasteiger partial charge in [-0.2, -0.15) is 0 Å². The van der Waals surface area contributed by atoms with Crippen molar-refractivity contribution in [3.63, 3.8) is 0 Å². The third-order valence-corrected chi connectivity index (χ3v) is 2.21. The molecule has 0 bridgehead atoms. The summed E-state index contributed by atoms with van der Waals surface area (Å²) in [5, 5.41) is 2.25. The normalized spacial score (nSPS) is 11.4. The molecule has 0 aromatic heterocycles. The zero-order valence-corrected chi connectivity index (χ0v) is 10.3. The van der Waals surface area contributed by atoms with E-state index in [1.165, 1.54) is 13.8 Å². The number of hydrogen-bond acceptors (Lipinski definition) is 4. The molecule has 0 aliphatic carbocycles. The Morgan fingerprint density at radius 3 is 2.28 bits per heavy atom. The minimum absolute atomic E-state index is 0.0725. The Labute approximate surface area is 105 Å². The van der Waals surface area contributed by atoms with E-state index in [4.69, 9.17) is 4.74 Å². The molecule has 1 aromatic carbocycles. The molecular formula is C13H15NO4. The lowest BCUT2D eigenvalue weighted by molar-refractivity contribution is -0.151. The van der Waals surface area contributed by atoms with Crippen molar-refractivity contribution < 1.29 is 19.1 Å². The van der Waals surface area contributed by atoms with Crippen molar-refractivity contribution in [3.8, 4) is 0 Å². The number of carbonyl (C=O) groups excluding carboxylic acids is 3. The van der Waals surface area contributed by atoms with Crippen LogP contribution < -0.4 is 5.32 Å². The van der Waals surface area contributed by atoms with Crippen molar-refractivity contribution in [1.29, 1.82) is 0 Å². The number of ether oxygens (including phenoxy) is 1. The molecule has 1 atom stereocenters. The maximum absolute atomic E-state index is 11.6. The molecule has 0 heterocycles. The lowest BCUT2D eigenvalue weighted by Crippen LogP contribution is -2.45. The van der Waals surface area contributed by atoms with E-state index in [2.05, 4.69) is 5.32 Å². The van der Waals surface area contributed by atoms with E-state index in [9.17, 15) is 14.4 Å². The monoisotopic (exact) mass is 249 g/mol. The van der Waals surface area contributed by atoms with Crippen LogP contribution in [0.2, 0.25) is 0 Å². The minimum Gasteiger partial charge on any atom is -0.459 e. The molecule has 0 aliphatic heterocycles. The molecule has 0 spiro atoms. The second-order valence-electron chi connectivity index (χ2n) is 3.84. The van der Waals surface area contributed by atoms with Crippen molar-refractivity contribution >= 4 is 17.7 Å². The van der Waals surface area contributed by atoms with Gasteiger partial charge in [0, 0.05) is 6.92 Å². The molecule has 1 aromatic rings. The average Bonchev–Trinajstić information content (AvgIpc) is 2.34. The second-order valence-corrected chi connectivity index (χ2v) is 3.84. The van der Waals surface area contributed by atoms with E-state index in [0.29, 0.717) is 0 Å². The van der Waals surface area contributed by atoms with Crippen LogP contribution in [0, 0.1) is 0 Å². The SMILES string of the molecule is CC(=O)NC(C(C)=O)C(=O)OCc1ccccc1. The van der Waals surface area contributed by atoms with Crippen molar-refractivity contribution in [2.24, 2.45) is 0 Å². The number of benzene rings is 1. The molecule has 0 aliphatic rings. The summed E-state index contributed by atoms with van der Waals surface area (Å²) in [6, 6.07) is 7.86. The molecule has 5 heteroatoms. The van der Waals surface area contributed by atoms with E-state index in [1.807, 2.05) is 18.2 Å². The zero-order chi connectivity index (χ0) is 13.5. The first kappa shape index (κ1) is 13.9. The van der Waals surface area contributed by atoms with Crippen LogP contribution in [0.5, 0.6) is 0 Å². The Kier molecular flexibility index (Phi) is 5.05. The maximum Gasteiger partial charge on any atom is 0.336 e. The molecule has 18 heavy (non-hydrogen) atoms. The molecule has 5 nitrogen and oxygen atoms in total. The first-order valence-corrected chi connectivity index (χ1v) is 5.49. The van der Waals surface area contributed by atoms with Crippen LogP contribution >= 0.6 is 0 Å². The standard InChI is InChI=1S/C13H15NO4/c1-9(15)12(14-10(2)16)13(17)18-8-11-6-4-3-5-7-11/h3-7,12H,8H2,1-2H3,(H,14,16). The molecule has 0 saturated heterocycles. The highest BCUT2D eigenvalue weighted by Gasteiger charge is 2.25. The lowest BCUT2D eigenvalue weighted by atomic mass is 10.2. The Hall–Kier alpha value is -2.17. The van der Waals surface area contributed by atoms with Crippen molar-refractivity contribution in [2.45, 2.75) is 26.5 Å². The largest absolute Gasteiger partial charge is 0.459 e. The third kappa shape index (κ3) is 4.37. The van der Waals surface area contributed by atoms with Gasteiger partial charge in [-0.05, 0) is 12.5 Å². The predicted molar refractivity (Wildman–Crippen MR) is 64.5 cm³/mol. The highest BCUT2D eigenvalue weighted by atomic mass is 16.5. The fourth-order valence-corrected chi connectivity index (χ4v) is 1.34. The first-order chi connectivity index (χ1) is 8.50. The van der Waals surface area contributed by atoms with Gasteiger partial charge in [-0.3, -0.25) is 9.59 Å².